The summed E-state index contributed by atoms with van der Waals surface area (Å²) in [6, 6.07) is 0. The van der Waals surface area contributed by atoms with Crippen molar-refractivity contribution in [3.05, 3.63) is 28.3 Å². The van der Waals surface area contributed by atoms with Gasteiger partial charge in [-0.05, 0) is 24.2 Å². The fourth-order valence-electron chi connectivity index (χ4n) is 1.10. The molecule has 0 unspecified atom stereocenters. The Hall–Kier alpha value is -0.423. The largest absolute Gasteiger partial charge is 0.413 e. The van der Waals surface area contributed by atoms with E-state index in [-0.39, 0.29) is 5.04 Å². The second-order valence-electron chi connectivity index (χ2n) is 5.84. The Morgan fingerprint density at radius 2 is 1.95 bits per heavy atom. The summed E-state index contributed by atoms with van der Waals surface area (Å²) >= 11 is 11.6. The molecule has 0 spiro atoms. The van der Waals surface area contributed by atoms with Crippen molar-refractivity contribution in [2.24, 2.45) is 0 Å². The topological polar surface area (TPSA) is 35.0 Å². The molecule has 0 aliphatic rings. The van der Waals surface area contributed by atoms with Crippen LogP contribution in [0.25, 0.3) is 6.08 Å². The second-order valence-corrected chi connectivity index (χ2v) is 11.4. The van der Waals surface area contributed by atoms with Crippen LogP contribution in [0.2, 0.25) is 28.4 Å². The van der Waals surface area contributed by atoms with Gasteiger partial charge in [-0.1, -0.05) is 50.0 Å². The van der Waals surface area contributed by atoms with Gasteiger partial charge in [0.15, 0.2) is 13.5 Å². The fraction of sp³-hybridized carbons (Fsp3) is 0.538. The predicted octanol–water partition coefficient (Wildman–Crippen LogP) is 4.82. The summed E-state index contributed by atoms with van der Waals surface area (Å²) in [7, 11) is -1.71. The second kappa shape index (κ2) is 6.35. The standard InChI is InChI=1S/C13H20Cl2N2OSi/c1-13(2,3)19(4,5)18-8-6-7-10-12(15)17-11(14)9-16-10/h6-7,9H,8H2,1-5H3/b7-6+. The van der Waals surface area contributed by atoms with Crippen molar-refractivity contribution in [2.75, 3.05) is 6.61 Å². The Balaban J connectivity index is 2.60. The Morgan fingerprint density at radius 3 is 2.47 bits per heavy atom. The van der Waals surface area contributed by atoms with Gasteiger partial charge in [-0.3, -0.25) is 4.98 Å². The molecule has 0 atom stereocenters. The lowest BCUT2D eigenvalue weighted by Crippen LogP contribution is -2.40. The zero-order valence-electron chi connectivity index (χ0n) is 12.0. The molecule has 0 aliphatic heterocycles. The first kappa shape index (κ1) is 16.6. The maximum atomic E-state index is 6.01. The third-order valence-electron chi connectivity index (χ3n) is 3.35. The molecule has 0 aromatic carbocycles. The maximum Gasteiger partial charge on any atom is 0.192 e. The number of aromatic nitrogens is 2. The smallest absolute Gasteiger partial charge is 0.192 e. The molecular formula is C13H20Cl2N2OSi. The highest BCUT2D eigenvalue weighted by atomic mass is 35.5. The Morgan fingerprint density at radius 1 is 1.32 bits per heavy atom. The summed E-state index contributed by atoms with van der Waals surface area (Å²) in [5, 5.41) is 0.800. The van der Waals surface area contributed by atoms with Crippen molar-refractivity contribution in [1.82, 2.24) is 9.97 Å². The first-order chi connectivity index (χ1) is 8.63. The van der Waals surface area contributed by atoms with Gasteiger partial charge in [0.2, 0.25) is 0 Å². The Bertz CT molecular complexity index is 470. The highest BCUT2D eigenvalue weighted by molar-refractivity contribution is 6.74. The summed E-state index contributed by atoms with van der Waals surface area (Å²) in [5.41, 5.74) is 0.602. The predicted molar refractivity (Wildman–Crippen MR) is 84.2 cm³/mol. The molecule has 6 heteroatoms. The van der Waals surface area contributed by atoms with Crippen molar-refractivity contribution >= 4 is 37.6 Å². The van der Waals surface area contributed by atoms with E-state index in [0.717, 1.165) is 0 Å². The van der Waals surface area contributed by atoms with Gasteiger partial charge in [-0.15, -0.1) is 0 Å². The van der Waals surface area contributed by atoms with Crippen LogP contribution in [0.4, 0.5) is 0 Å². The van der Waals surface area contributed by atoms with Gasteiger partial charge < -0.3 is 4.43 Å². The number of hydrogen-bond acceptors (Lipinski definition) is 3. The summed E-state index contributed by atoms with van der Waals surface area (Å²) in [6.45, 7) is 11.6. The van der Waals surface area contributed by atoms with E-state index in [1.165, 1.54) is 6.20 Å². The molecule has 1 rings (SSSR count). The fourth-order valence-corrected chi connectivity index (χ4v) is 2.43. The summed E-state index contributed by atoms with van der Waals surface area (Å²) < 4.78 is 6.01. The van der Waals surface area contributed by atoms with Crippen LogP contribution >= 0.6 is 23.2 Å². The van der Waals surface area contributed by atoms with E-state index in [1.54, 1.807) is 6.08 Å². The van der Waals surface area contributed by atoms with E-state index in [1.807, 2.05) is 6.08 Å². The van der Waals surface area contributed by atoms with E-state index in [0.29, 0.717) is 22.6 Å². The molecule has 1 aromatic heterocycles. The monoisotopic (exact) mass is 318 g/mol. The molecule has 106 valence electrons. The molecule has 0 saturated heterocycles. The van der Waals surface area contributed by atoms with Crippen LogP contribution in [0.3, 0.4) is 0 Å². The summed E-state index contributed by atoms with van der Waals surface area (Å²) in [6.07, 6.45) is 5.19. The first-order valence-corrected chi connectivity index (χ1v) is 9.78. The molecule has 0 aliphatic carbocycles. The van der Waals surface area contributed by atoms with Gasteiger partial charge in [0.25, 0.3) is 0 Å². The molecule has 0 radical (unpaired) electrons. The zero-order chi connectivity index (χ0) is 14.7. The number of nitrogens with zero attached hydrogens (tertiary/aromatic N) is 2. The molecule has 0 saturated carbocycles. The SMILES string of the molecule is CC(C)(C)[Si](C)(C)OC/C=C/c1ncc(Cl)nc1Cl. The van der Waals surface area contributed by atoms with Crippen molar-refractivity contribution in [3.63, 3.8) is 0 Å². The van der Waals surface area contributed by atoms with Gasteiger partial charge in [0.1, 0.15) is 10.8 Å². The van der Waals surface area contributed by atoms with Crippen molar-refractivity contribution in [2.45, 2.75) is 38.9 Å². The molecule has 0 bridgehead atoms. The molecule has 0 N–H and O–H groups in total. The van der Waals surface area contributed by atoms with Crippen LogP contribution < -0.4 is 0 Å². The minimum Gasteiger partial charge on any atom is -0.413 e. The van der Waals surface area contributed by atoms with E-state index in [2.05, 4.69) is 43.8 Å². The van der Waals surface area contributed by atoms with Crippen LogP contribution in [-0.2, 0) is 4.43 Å². The van der Waals surface area contributed by atoms with Crippen LogP contribution in [0.5, 0.6) is 0 Å². The zero-order valence-corrected chi connectivity index (χ0v) is 14.5. The Kier molecular flexibility index (Phi) is 5.56. The van der Waals surface area contributed by atoms with Gasteiger partial charge in [0.05, 0.1) is 12.8 Å². The van der Waals surface area contributed by atoms with Crippen LogP contribution in [0, 0.1) is 0 Å². The van der Waals surface area contributed by atoms with Crippen molar-refractivity contribution in [3.8, 4) is 0 Å². The quantitative estimate of drug-likeness (QED) is 0.746. The van der Waals surface area contributed by atoms with E-state index >= 15 is 0 Å². The average molecular weight is 319 g/mol. The third kappa shape index (κ3) is 4.88. The normalized spacial score (nSPS) is 13.2. The van der Waals surface area contributed by atoms with E-state index in [4.69, 9.17) is 27.6 Å². The lowest BCUT2D eigenvalue weighted by atomic mass is 10.2. The minimum absolute atomic E-state index is 0.207. The lowest BCUT2D eigenvalue weighted by molar-refractivity contribution is 0.328. The first-order valence-electron chi connectivity index (χ1n) is 6.12. The number of halogens is 2. The molecule has 1 heterocycles. The van der Waals surface area contributed by atoms with Crippen LogP contribution in [0.15, 0.2) is 12.3 Å². The van der Waals surface area contributed by atoms with Crippen LogP contribution in [0.1, 0.15) is 26.5 Å². The molecule has 0 fully saturated rings. The van der Waals surface area contributed by atoms with E-state index in [9.17, 15) is 0 Å². The highest BCUT2D eigenvalue weighted by Crippen LogP contribution is 2.36. The van der Waals surface area contributed by atoms with Gasteiger partial charge in [-0.25, -0.2) is 4.98 Å². The molecule has 1 aromatic rings. The highest BCUT2D eigenvalue weighted by Gasteiger charge is 2.36. The molecule has 3 nitrogen and oxygen atoms in total. The van der Waals surface area contributed by atoms with Crippen LogP contribution in [-0.4, -0.2) is 24.9 Å². The average Bonchev–Trinajstić information content (AvgIpc) is 2.25. The van der Waals surface area contributed by atoms with Crippen molar-refractivity contribution < 1.29 is 4.43 Å². The van der Waals surface area contributed by atoms with Gasteiger partial charge >= 0.3 is 0 Å². The summed E-state index contributed by atoms with van der Waals surface area (Å²) in [5.74, 6) is 0. The van der Waals surface area contributed by atoms with Crippen molar-refractivity contribution in [1.29, 1.82) is 0 Å². The molecular weight excluding hydrogens is 299 g/mol. The van der Waals surface area contributed by atoms with E-state index < -0.39 is 8.32 Å². The van der Waals surface area contributed by atoms with Gasteiger partial charge in [-0.2, -0.15) is 0 Å². The van der Waals surface area contributed by atoms with Gasteiger partial charge in [0, 0.05) is 0 Å². The molecule has 19 heavy (non-hydrogen) atoms. The maximum absolute atomic E-state index is 6.01. The number of hydrogen-bond donors (Lipinski definition) is 0. The summed E-state index contributed by atoms with van der Waals surface area (Å²) in [4.78, 5) is 8.03. The Labute approximate surface area is 126 Å². The lowest BCUT2D eigenvalue weighted by Gasteiger charge is -2.35. The third-order valence-corrected chi connectivity index (χ3v) is 8.31. The minimum atomic E-state index is -1.71. The molecule has 0 amide bonds. The number of rotatable bonds is 4.